The number of aliphatic hydroxyl groups is 1. The first-order chi connectivity index (χ1) is 10.7. The molecule has 23 heavy (non-hydrogen) atoms. The molecular weight excluding hydrogens is 320 g/mol. The molecule has 1 atom stereocenters. The van der Waals surface area contributed by atoms with Gasteiger partial charge in [0.1, 0.15) is 11.6 Å². The number of carboxylic acid groups (broad SMARTS) is 1. The van der Waals surface area contributed by atoms with Crippen molar-refractivity contribution in [3.8, 4) is 16.9 Å². The van der Waals surface area contributed by atoms with Gasteiger partial charge in [-0.3, -0.25) is 0 Å². The molecule has 0 heterocycles. The minimum Gasteiger partial charge on any atom is -0.479 e. The zero-order valence-electron chi connectivity index (χ0n) is 11.3. The molecule has 0 saturated carbocycles. The average Bonchev–Trinajstić information content (AvgIpc) is 2.44. The van der Waals surface area contributed by atoms with Crippen molar-refractivity contribution >= 4 is 5.97 Å². The second-order valence-corrected chi connectivity index (χ2v) is 4.59. The Labute approximate surface area is 127 Å². The molecule has 0 bridgehead atoms. The summed E-state index contributed by atoms with van der Waals surface area (Å²) in [5, 5.41) is 18.2. The van der Waals surface area contributed by atoms with Crippen LogP contribution in [0.1, 0.15) is 11.7 Å². The van der Waals surface area contributed by atoms with Gasteiger partial charge in [0.2, 0.25) is 0 Å². The molecule has 0 aliphatic heterocycles. The number of alkyl halides is 3. The number of aliphatic hydroxyl groups excluding tert-OH is 1. The van der Waals surface area contributed by atoms with Crippen LogP contribution in [0.25, 0.3) is 11.1 Å². The van der Waals surface area contributed by atoms with E-state index >= 15 is 0 Å². The normalized spacial score (nSPS) is 12.7. The van der Waals surface area contributed by atoms with E-state index in [9.17, 15) is 27.5 Å². The van der Waals surface area contributed by atoms with Crippen LogP contribution in [0, 0.1) is 5.82 Å². The van der Waals surface area contributed by atoms with Crippen LogP contribution in [0.3, 0.4) is 0 Å². The number of carbonyl (C=O) groups is 1. The molecule has 2 N–H and O–H groups in total. The SMILES string of the molecule is O=C(O)C(O)c1cc(F)cc(-c2ccc(OC(F)(F)F)cc2)c1. The molecule has 1 unspecified atom stereocenters. The van der Waals surface area contributed by atoms with E-state index in [1.165, 1.54) is 18.2 Å². The van der Waals surface area contributed by atoms with Crippen molar-refractivity contribution in [2.45, 2.75) is 12.5 Å². The summed E-state index contributed by atoms with van der Waals surface area (Å²) < 4.78 is 53.5. The Hall–Kier alpha value is -2.61. The highest BCUT2D eigenvalue weighted by molar-refractivity contribution is 5.75. The fourth-order valence-electron chi connectivity index (χ4n) is 1.93. The van der Waals surface area contributed by atoms with Crippen molar-refractivity contribution in [3.05, 3.63) is 53.8 Å². The maximum absolute atomic E-state index is 13.6. The van der Waals surface area contributed by atoms with Crippen LogP contribution < -0.4 is 4.74 Å². The van der Waals surface area contributed by atoms with E-state index in [1.807, 2.05) is 0 Å². The van der Waals surface area contributed by atoms with E-state index < -0.39 is 30.0 Å². The summed E-state index contributed by atoms with van der Waals surface area (Å²) in [6.07, 6.45) is -6.73. The first-order valence-corrected chi connectivity index (χ1v) is 6.23. The predicted molar refractivity (Wildman–Crippen MR) is 71.1 cm³/mol. The highest BCUT2D eigenvalue weighted by Gasteiger charge is 2.31. The van der Waals surface area contributed by atoms with Gasteiger partial charge < -0.3 is 14.9 Å². The number of ether oxygens (including phenoxy) is 1. The summed E-state index contributed by atoms with van der Waals surface area (Å²) in [5.41, 5.74) is 0.361. The third kappa shape index (κ3) is 4.43. The van der Waals surface area contributed by atoms with Crippen molar-refractivity contribution < 1.29 is 37.3 Å². The van der Waals surface area contributed by atoms with Crippen LogP contribution in [0.4, 0.5) is 17.6 Å². The van der Waals surface area contributed by atoms with Gasteiger partial charge in [-0.2, -0.15) is 0 Å². The minimum absolute atomic E-state index is 0.178. The summed E-state index contributed by atoms with van der Waals surface area (Å²) in [5.74, 6) is -2.77. The number of halogens is 4. The topological polar surface area (TPSA) is 66.8 Å². The summed E-state index contributed by atoms with van der Waals surface area (Å²) >= 11 is 0. The molecule has 0 aliphatic carbocycles. The molecule has 0 amide bonds. The predicted octanol–water partition coefficient (Wildman–Crippen LogP) is 3.51. The van der Waals surface area contributed by atoms with Crippen LogP contribution in [0.2, 0.25) is 0 Å². The third-order valence-corrected chi connectivity index (χ3v) is 2.89. The number of rotatable bonds is 4. The van der Waals surface area contributed by atoms with Gasteiger partial charge in [0, 0.05) is 0 Å². The number of carboxylic acids is 1. The van der Waals surface area contributed by atoms with Gasteiger partial charge in [0.05, 0.1) is 0 Å². The van der Waals surface area contributed by atoms with Crippen molar-refractivity contribution in [1.82, 2.24) is 0 Å². The van der Waals surface area contributed by atoms with Crippen LogP contribution in [0.5, 0.6) is 5.75 Å². The Kier molecular flexibility index (Phi) is 4.55. The highest BCUT2D eigenvalue weighted by atomic mass is 19.4. The Bertz CT molecular complexity index is 710. The summed E-state index contributed by atoms with van der Waals surface area (Å²) in [4.78, 5) is 10.7. The monoisotopic (exact) mass is 330 g/mol. The van der Waals surface area contributed by atoms with E-state index in [0.29, 0.717) is 5.56 Å². The minimum atomic E-state index is -4.82. The van der Waals surface area contributed by atoms with Gasteiger partial charge in [-0.15, -0.1) is 13.2 Å². The van der Waals surface area contributed by atoms with Gasteiger partial charge in [-0.05, 0) is 47.0 Å². The van der Waals surface area contributed by atoms with E-state index in [0.717, 1.165) is 24.3 Å². The molecule has 2 aromatic carbocycles. The molecule has 8 heteroatoms. The Morgan fingerprint density at radius 1 is 1.04 bits per heavy atom. The molecule has 2 aromatic rings. The number of benzene rings is 2. The van der Waals surface area contributed by atoms with Gasteiger partial charge in [0.15, 0.2) is 6.10 Å². The van der Waals surface area contributed by atoms with Crippen LogP contribution in [-0.4, -0.2) is 22.5 Å². The molecule has 0 fully saturated rings. The molecule has 0 aromatic heterocycles. The quantitative estimate of drug-likeness (QED) is 0.842. The van der Waals surface area contributed by atoms with Crippen molar-refractivity contribution in [3.63, 3.8) is 0 Å². The lowest BCUT2D eigenvalue weighted by Crippen LogP contribution is -2.16. The number of hydrogen-bond acceptors (Lipinski definition) is 3. The van der Waals surface area contributed by atoms with Crippen molar-refractivity contribution in [1.29, 1.82) is 0 Å². The van der Waals surface area contributed by atoms with E-state index in [-0.39, 0.29) is 11.1 Å². The summed E-state index contributed by atoms with van der Waals surface area (Å²) in [6, 6.07) is 7.77. The maximum atomic E-state index is 13.6. The molecule has 4 nitrogen and oxygen atoms in total. The van der Waals surface area contributed by atoms with Gasteiger partial charge in [-0.25, -0.2) is 9.18 Å². The van der Waals surface area contributed by atoms with Crippen LogP contribution in [0.15, 0.2) is 42.5 Å². The molecule has 0 radical (unpaired) electrons. The van der Waals surface area contributed by atoms with Crippen LogP contribution >= 0.6 is 0 Å². The van der Waals surface area contributed by atoms with Gasteiger partial charge in [-0.1, -0.05) is 12.1 Å². The second-order valence-electron chi connectivity index (χ2n) is 4.59. The molecule has 0 aliphatic rings. The van der Waals surface area contributed by atoms with Crippen LogP contribution in [-0.2, 0) is 4.79 Å². The Balaban J connectivity index is 2.33. The summed E-state index contributed by atoms with van der Waals surface area (Å²) in [7, 11) is 0. The molecule has 122 valence electrons. The Morgan fingerprint density at radius 3 is 2.17 bits per heavy atom. The number of aliphatic carboxylic acids is 1. The fraction of sp³-hybridized carbons (Fsp3) is 0.133. The zero-order valence-corrected chi connectivity index (χ0v) is 11.3. The zero-order chi connectivity index (χ0) is 17.2. The third-order valence-electron chi connectivity index (χ3n) is 2.89. The van der Waals surface area contributed by atoms with Crippen molar-refractivity contribution in [2.24, 2.45) is 0 Å². The maximum Gasteiger partial charge on any atom is 0.573 e. The van der Waals surface area contributed by atoms with Gasteiger partial charge in [0.25, 0.3) is 0 Å². The Morgan fingerprint density at radius 2 is 1.65 bits per heavy atom. The molecule has 0 spiro atoms. The second kappa shape index (κ2) is 6.25. The first-order valence-electron chi connectivity index (χ1n) is 6.23. The smallest absolute Gasteiger partial charge is 0.479 e. The van der Waals surface area contributed by atoms with Gasteiger partial charge >= 0.3 is 12.3 Å². The lowest BCUT2D eigenvalue weighted by molar-refractivity contribution is -0.274. The standard InChI is InChI=1S/C15H10F4O4/c16-11-6-9(5-10(7-11)13(20)14(21)22)8-1-3-12(4-2-8)23-15(17,18)19/h1-7,13,20H,(H,21,22). The number of hydrogen-bond donors (Lipinski definition) is 2. The molecule has 0 saturated heterocycles. The first kappa shape index (κ1) is 16.8. The van der Waals surface area contributed by atoms with E-state index in [2.05, 4.69) is 4.74 Å². The largest absolute Gasteiger partial charge is 0.573 e. The lowest BCUT2D eigenvalue weighted by Gasteiger charge is -2.11. The highest BCUT2D eigenvalue weighted by Crippen LogP contribution is 2.28. The van der Waals surface area contributed by atoms with E-state index in [4.69, 9.17) is 5.11 Å². The van der Waals surface area contributed by atoms with Crippen molar-refractivity contribution in [2.75, 3.05) is 0 Å². The lowest BCUT2D eigenvalue weighted by atomic mass is 10.00. The summed E-state index contributed by atoms with van der Waals surface area (Å²) in [6.45, 7) is 0. The fourth-order valence-corrected chi connectivity index (χ4v) is 1.93. The average molecular weight is 330 g/mol. The molecule has 2 rings (SSSR count). The molecular formula is C15H10F4O4. The van der Waals surface area contributed by atoms with E-state index in [1.54, 1.807) is 0 Å².